The average molecular weight is 995 g/mol. The van der Waals surface area contributed by atoms with Crippen LogP contribution in [0.15, 0.2) is 131 Å². The van der Waals surface area contributed by atoms with Crippen molar-refractivity contribution in [3.05, 3.63) is 177 Å². The number of alkyl halides is 12. The van der Waals surface area contributed by atoms with E-state index in [1.807, 2.05) is 24.3 Å². The summed E-state index contributed by atoms with van der Waals surface area (Å²) in [4.78, 5) is 19.3. The normalized spacial score (nSPS) is 14.7. The van der Waals surface area contributed by atoms with Crippen molar-refractivity contribution in [2.75, 3.05) is 0 Å². The lowest BCUT2D eigenvalue weighted by Gasteiger charge is -2.30. The fraction of sp³-hybridized carbons (Fsp3) is 0.214. The number of halogens is 12. The minimum absolute atomic E-state index is 0.0303. The topological polar surface area (TPSA) is 50.5 Å². The molecular weight excluding hydrogens is 957 g/mol. The standard InChI is InChI=1S/C56H38F12N4/c57-53(58,59)37-21-35(22-38(27-37)54(60,61)62)45-25-33-11-1-5-13-43(33)49(51(45)69-29-41-19-17-31-9-3-7-15-47(31)71-41)50-44-14-6-2-12-34(44)26-46(36-23-39(55(63,64)65)28-40(24-36)56(66,67)68)52(50)70-30-42-20-18-32-10-4-8-16-48(32)72-42/h3-4,7-10,15-30H,1-2,5-6,11-14H2. The highest BCUT2D eigenvalue weighted by Crippen LogP contribution is 2.54. The predicted octanol–water partition coefficient (Wildman–Crippen LogP) is 17.1. The molecule has 6 aromatic carbocycles. The number of aliphatic imine (C=N–C) groups is 2. The van der Waals surface area contributed by atoms with Crippen LogP contribution in [0.3, 0.4) is 0 Å². The summed E-state index contributed by atoms with van der Waals surface area (Å²) in [6.45, 7) is 0. The lowest BCUT2D eigenvalue weighted by molar-refractivity contribution is -0.144. The maximum Gasteiger partial charge on any atom is 0.416 e. The zero-order chi connectivity index (χ0) is 50.7. The van der Waals surface area contributed by atoms with Crippen molar-refractivity contribution in [2.24, 2.45) is 9.98 Å². The number of aromatic nitrogens is 2. The van der Waals surface area contributed by atoms with Gasteiger partial charge in [0.25, 0.3) is 0 Å². The Hall–Kier alpha value is -7.36. The lowest BCUT2D eigenvalue weighted by Crippen LogP contribution is -2.13. The summed E-state index contributed by atoms with van der Waals surface area (Å²) in [6.07, 6.45) is -14.6. The molecular formula is C56H38F12N4. The van der Waals surface area contributed by atoms with Crippen LogP contribution in [0.1, 0.15) is 81.6 Å². The Morgan fingerprint density at radius 2 is 0.736 bits per heavy atom. The summed E-state index contributed by atoms with van der Waals surface area (Å²) in [7, 11) is 0. The second-order valence-electron chi connectivity index (χ2n) is 17.9. The van der Waals surface area contributed by atoms with Gasteiger partial charge in [-0.1, -0.05) is 48.5 Å². The van der Waals surface area contributed by atoms with E-state index in [1.165, 1.54) is 24.6 Å². The van der Waals surface area contributed by atoms with Gasteiger partial charge in [-0.2, -0.15) is 52.7 Å². The van der Waals surface area contributed by atoms with E-state index < -0.39 is 58.1 Å². The van der Waals surface area contributed by atoms with E-state index in [1.54, 1.807) is 48.5 Å². The number of benzene rings is 6. The van der Waals surface area contributed by atoms with Gasteiger partial charge in [-0.3, -0.25) is 9.98 Å². The number of hydrogen-bond donors (Lipinski definition) is 0. The van der Waals surface area contributed by atoms with E-state index in [0.29, 0.717) is 109 Å². The van der Waals surface area contributed by atoms with E-state index >= 15 is 0 Å². The summed E-state index contributed by atoms with van der Waals surface area (Å²) in [5.41, 5.74) is -3.24. The summed E-state index contributed by atoms with van der Waals surface area (Å²) < 4.78 is 176. The highest BCUT2D eigenvalue weighted by molar-refractivity contribution is 6.03. The average Bonchev–Trinajstić information content (AvgIpc) is 3.35. The van der Waals surface area contributed by atoms with Crippen LogP contribution in [0.4, 0.5) is 64.1 Å². The molecule has 0 N–H and O–H groups in total. The molecule has 0 radical (unpaired) electrons. The summed E-state index contributed by atoms with van der Waals surface area (Å²) in [5.74, 6) is 0. The van der Waals surface area contributed by atoms with E-state index in [4.69, 9.17) is 20.0 Å². The Balaban J connectivity index is 1.36. The Kier molecular flexibility index (Phi) is 12.3. The molecule has 0 saturated carbocycles. The molecule has 0 unspecified atom stereocenters. The van der Waals surface area contributed by atoms with Crippen LogP contribution >= 0.6 is 0 Å². The fourth-order valence-corrected chi connectivity index (χ4v) is 9.82. The first-order valence-electron chi connectivity index (χ1n) is 23.0. The van der Waals surface area contributed by atoms with Crippen LogP contribution < -0.4 is 0 Å². The second kappa shape index (κ2) is 18.4. The van der Waals surface area contributed by atoms with Crippen molar-refractivity contribution in [3.8, 4) is 33.4 Å². The van der Waals surface area contributed by atoms with Crippen LogP contribution in [-0.4, -0.2) is 22.4 Å². The molecule has 2 aromatic heterocycles. The summed E-state index contributed by atoms with van der Waals surface area (Å²) >= 11 is 0. The first-order valence-corrected chi connectivity index (χ1v) is 23.0. The Bertz CT molecular complexity index is 3200. The molecule has 2 heterocycles. The van der Waals surface area contributed by atoms with E-state index in [-0.39, 0.29) is 57.1 Å². The molecule has 366 valence electrons. The van der Waals surface area contributed by atoms with Crippen molar-refractivity contribution in [2.45, 2.75) is 76.1 Å². The van der Waals surface area contributed by atoms with Gasteiger partial charge in [0.05, 0.1) is 68.5 Å². The van der Waals surface area contributed by atoms with Crippen molar-refractivity contribution < 1.29 is 52.7 Å². The van der Waals surface area contributed by atoms with Gasteiger partial charge in [0.2, 0.25) is 0 Å². The number of hydrogen-bond acceptors (Lipinski definition) is 4. The van der Waals surface area contributed by atoms with Gasteiger partial charge in [-0.15, -0.1) is 0 Å². The SMILES string of the molecule is FC(F)(F)c1cc(-c2cc3c(c(-c4c5c(cc(-c6cc(C(F)(F)F)cc(C(F)(F)F)c6)c4N=Cc4ccc6ccccc6n4)CCCC5)c2N=Cc2ccc4ccccc4n2)CCCC3)cc(C(F)(F)F)c1. The number of aryl methyl sites for hydroxylation is 2. The van der Waals surface area contributed by atoms with Crippen LogP contribution in [-0.2, 0) is 50.4 Å². The smallest absolute Gasteiger partial charge is 0.253 e. The number of para-hydroxylation sites is 2. The van der Waals surface area contributed by atoms with Gasteiger partial charge in [-0.05, 0) is 158 Å². The molecule has 0 fully saturated rings. The molecule has 0 atom stereocenters. The lowest BCUT2D eigenvalue weighted by atomic mass is 9.76. The summed E-state index contributed by atoms with van der Waals surface area (Å²) in [6, 6.07) is 26.7. The maximum atomic E-state index is 14.7. The van der Waals surface area contributed by atoms with Crippen molar-refractivity contribution >= 4 is 45.6 Å². The van der Waals surface area contributed by atoms with Crippen LogP contribution in [0.2, 0.25) is 0 Å². The third kappa shape index (κ3) is 9.70. The van der Waals surface area contributed by atoms with Gasteiger partial charge in [0.15, 0.2) is 0 Å². The first-order chi connectivity index (χ1) is 34.2. The zero-order valence-corrected chi connectivity index (χ0v) is 37.7. The van der Waals surface area contributed by atoms with Crippen molar-refractivity contribution in [1.29, 1.82) is 0 Å². The Labute approximate surface area is 403 Å². The van der Waals surface area contributed by atoms with Gasteiger partial charge in [-0.25, -0.2) is 9.97 Å². The molecule has 2 aliphatic carbocycles. The monoisotopic (exact) mass is 994 g/mol. The molecule has 0 aliphatic heterocycles. The quantitative estimate of drug-likeness (QED) is 0.118. The molecule has 0 amide bonds. The van der Waals surface area contributed by atoms with E-state index in [2.05, 4.69) is 0 Å². The van der Waals surface area contributed by atoms with Crippen LogP contribution in [0, 0.1) is 0 Å². The van der Waals surface area contributed by atoms with Crippen molar-refractivity contribution in [1.82, 2.24) is 9.97 Å². The van der Waals surface area contributed by atoms with Gasteiger partial charge in [0.1, 0.15) is 0 Å². The Morgan fingerprint density at radius 3 is 1.10 bits per heavy atom. The number of rotatable bonds is 7. The predicted molar refractivity (Wildman–Crippen MR) is 254 cm³/mol. The van der Waals surface area contributed by atoms with Gasteiger partial charge >= 0.3 is 24.7 Å². The Morgan fingerprint density at radius 1 is 0.389 bits per heavy atom. The largest absolute Gasteiger partial charge is 0.416 e. The first kappa shape index (κ1) is 48.3. The van der Waals surface area contributed by atoms with Crippen LogP contribution in [0.25, 0.3) is 55.2 Å². The zero-order valence-electron chi connectivity index (χ0n) is 37.7. The molecule has 2 aliphatic rings. The van der Waals surface area contributed by atoms with E-state index in [0.717, 1.165) is 10.8 Å². The second-order valence-corrected chi connectivity index (χ2v) is 17.9. The van der Waals surface area contributed by atoms with Crippen LogP contribution in [0.5, 0.6) is 0 Å². The highest BCUT2D eigenvalue weighted by Gasteiger charge is 2.40. The molecule has 0 spiro atoms. The molecule has 16 heteroatoms. The fourth-order valence-electron chi connectivity index (χ4n) is 9.82. The van der Waals surface area contributed by atoms with Gasteiger partial charge in [0, 0.05) is 33.0 Å². The molecule has 4 nitrogen and oxygen atoms in total. The van der Waals surface area contributed by atoms with E-state index in [9.17, 15) is 52.7 Å². The molecule has 0 saturated heterocycles. The third-order valence-corrected chi connectivity index (χ3v) is 13.2. The number of nitrogens with zero attached hydrogens (tertiary/aromatic N) is 4. The molecule has 72 heavy (non-hydrogen) atoms. The maximum absolute atomic E-state index is 14.7. The molecule has 8 aromatic rings. The molecule has 0 bridgehead atoms. The van der Waals surface area contributed by atoms with Crippen molar-refractivity contribution in [3.63, 3.8) is 0 Å². The third-order valence-electron chi connectivity index (χ3n) is 13.2. The minimum Gasteiger partial charge on any atom is -0.253 e. The summed E-state index contributed by atoms with van der Waals surface area (Å²) in [5, 5.41) is 1.53. The number of pyridine rings is 2. The molecule has 10 rings (SSSR count). The minimum atomic E-state index is -5.22. The van der Waals surface area contributed by atoms with Gasteiger partial charge < -0.3 is 0 Å². The number of fused-ring (bicyclic) bond motifs is 4. The highest BCUT2D eigenvalue weighted by atomic mass is 19.4.